The van der Waals surface area contributed by atoms with Gasteiger partial charge in [0.15, 0.2) is 0 Å². The molecule has 0 aromatic carbocycles. The van der Waals surface area contributed by atoms with Gasteiger partial charge in [-0.3, -0.25) is 4.79 Å². The molecule has 0 atom stereocenters. The molecule has 0 amide bonds. The number of hydrogen-bond acceptors (Lipinski definition) is 2. The van der Waals surface area contributed by atoms with E-state index < -0.39 is 0 Å². The molecule has 0 fully saturated rings. The van der Waals surface area contributed by atoms with Crippen LogP contribution in [0.2, 0.25) is 0 Å². The van der Waals surface area contributed by atoms with Crippen LogP contribution >= 0.6 is 0 Å². The first kappa shape index (κ1) is 13.5. The molecule has 0 unspecified atom stereocenters. The van der Waals surface area contributed by atoms with Crippen LogP contribution in [0.5, 0.6) is 0 Å². The second-order valence-corrected chi connectivity index (χ2v) is 4.68. The van der Waals surface area contributed by atoms with Gasteiger partial charge in [-0.25, -0.2) is 0 Å². The standard InChI is InChI=1S/C12H24O2/c1-5-7-8-11(13)14-10-12(3,4)9-6-2/h5-10H2,1-4H3. The minimum atomic E-state index is -0.0453. The van der Waals surface area contributed by atoms with Crippen molar-refractivity contribution in [2.24, 2.45) is 5.41 Å². The molecule has 0 aliphatic rings. The maximum Gasteiger partial charge on any atom is 0.305 e. The Hall–Kier alpha value is -0.530. The van der Waals surface area contributed by atoms with E-state index in [0.29, 0.717) is 13.0 Å². The number of hydrogen-bond donors (Lipinski definition) is 0. The zero-order valence-electron chi connectivity index (χ0n) is 10.1. The van der Waals surface area contributed by atoms with E-state index in [1.54, 1.807) is 0 Å². The molecule has 0 radical (unpaired) electrons. The van der Waals surface area contributed by atoms with Gasteiger partial charge in [0, 0.05) is 6.42 Å². The average Bonchev–Trinajstić information content (AvgIpc) is 2.11. The van der Waals surface area contributed by atoms with Crippen molar-refractivity contribution in [2.45, 2.75) is 59.8 Å². The summed E-state index contributed by atoms with van der Waals surface area (Å²) in [5, 5.41) is 0. The summed E-state index contributed by atoms with van der Waals surface area (Å²) in [6.45, 7) is 9.07. The van der Waals surface area contributed by atoms with Gasteiger partial charge in [0.2, 0.25) is 0 Å². The van der Waals surface area contributed by atoms with Crippen molar-refractivity contribution >= 4 is 5.97 Å². The van der Waals surface area contributed by atoms with Gasteiger partial charge >= 0.3 is 5.97 Å². The summed E-state index contributed by atoms with van der Waals surface area (Å²) in [5.74, 6) is -0.0453. The van der Waals surface area contributed by atoms with Gasteiger partial charge in [-0.1, -0.05) is 40.5 Å². The fraction of sp³-hybridized carbons (Fsp3) is 0.917. The molecule has 0 saturated heterocycles. The normalized spacial score (nSPS) is 11.4. The van der Waals surface area contributed by atoms with Crippen LogP contribution in [0.1, 0.15) is 59.8 Å². The van der Waals surface area contributed by atoms with Gasteiger partial charge in [0.1, 0.15) is 0 Å². The lowest BCUT2D eigenvalue weighted by Gasteiger charge is -2.23. The van der Waals surface area contributed by atoms with Crippen LogP contribution in [0, 0.1) is 5.41 Å². The van der Waals surface area contributed by atoms with Crippen LogP contribution in [-0.4, -0.2) is 12.6 Å². The molecule has 0 heterocycles. The van der Waals surface area contributed by atoms with Gasteiger partial charge in [0.05, 0.1) is 6.61 Å². The van der Waals surface area contributed by atoms with Crippen LogP contribution < -0.4 is 0 Å². The van der Waals surface area contributed by atoms with Gasteiger partial charge in [0.25, 0.3) is 0 Å². The third kappa shape index (κ3) is 6.93. The Morgan fingerprint density at radius 3 is 2.36 bits per heavy atom. The van der Waals surface area contributed by atoms with Crippen molar-refractivity contribution < 1.29 is 9.53 Å². The third-order valence-electron chi connectivity index (χ3n) is 2.29. The zero-order valence-corrected chi connectivity index (χ0v) is 10.1. The van der Waals surface area contributed by atoms with Crippen molar-refractivity contribution in [2.75, 3.05) is 6.61 Å². The van der Waals surface area contributed by atoms with Crippen molar-refractivity contribution in [3.05, 3.63) is 0 Å². The summed E-state index contributed by atoms with van der Waals surface area (Å²) in [4.78, 5) is 11.2. The fourth-order valence-corrected chi connectivity index (χ4v) is 1.42. The number of unbranched alkanes of at least 4 members (excludes halogenated alkanes) is 1. The molecule has 0 aromatic rings. The van der Waals surface area contributed by atoms with Gasteiger partial charge < -0.3 is 4.74 Å². The fourth-order valence-electron chi connectivity index (χ4n) is 1.42. The molecule has 2 heteroatoms. The summed E-state index contributed by atoms with van der Waals surface area (Å²) in [6.07, 6.45) is 4.80. The summed E-state index contributed by atoms with van der Waals surface area (Å²) in [6, 6.07) is 0. The summed E-state index contributed by atoms with van der Waals surface area (Å²) in [7, 11) is 0. The minimum absolute atomic E-state index is 0.0453. The SMILES string of the molecule is CCCCC(=O)OCC(C)(C)CCC. The Kier molecular flexibility index (Phi) is 6.60. The molecule has 14 heavy (non-hydrogen) atoms. The predicted molar refractivity (Wildman–Crippen MR) is 59.2 cm³/mol. The highest BCUT2D eigenvalue weighted by atomic mass is 16.5. The molecular weight excluding hydrogens is 176 g/mol. The Morgan fingerprint density at radius 2 is 1.86 bits per heavy atom. The summed E-state index contributed by atoms with van der Waals surface area (Å²) < 4.78 is 5.22. The summed E-state index contributed by atoms with van der Waals surface area (Å²) in [5.41, 5.74) is 0.136. The van der Waals surface area contributed by atoms with Crippen LogP contribution in [-0.2, 0) is 9.53 Å². The highest BCUT2D eigenvalue weighted by Crippen LogP contribution is 2.22. The van der Waals surface area contributed by atoms with Crippen LogP contribution in [0.25, 0.3) is 0 Å². The quantitative estimate of drug-likeness (QED) is 0.587. The number of rotatable bonds is 7. The predicted octanol–water partition coefficient (Wildman–Crippen LogP) is 3.55. The van der Waals surface area contributed by atoms with E-state index in [1.807, 2.05) is 0 Å². The maximum absolute atomic E-state index is 11.2. The van der Waals surface area contributed by atoms with Gasteiger partial charge in [-0.2, -0.15) is 0 Å². The van der Waals surface area contributed by atoms with Crippen molar-refractivity contribution in [1.82, 2.24) is 0 Å². The van der Waals surface area contributed by atoms with E-state index in [2.05, 4.69) is 27.7 Å². The Morgan fingerprint density at radius 1 is 1.21 bits per heavy atom. The van der Waals surface area contributed by atoms with Gasteiger partial charge in [-0.15, -0.1) is 0 Å². The Balaban J connectivity index is 3.64. The Labute approximate surface area is 88.0 Å². The molecule has 0 rings (SSSR count). The number of carbonyl (C=O) groups is 1. The summed E-state index contributed by atoms with van der Waals surface area (Å²) >= 11 is 0. The van der Waals surface area contributed by atoms with E-state index >= 15 is 0 Å². The van der Waals surface area contributed by atoms with E-state index in [-0.39, 0.29) is 11.4 Å². The van der Waals surface area contributed by atoms with Gasteiger partial charge in [-0.05, 0) is 18.3 Å². The van der Waals surface area contributed by atoms with Crippen molar-refractivity contribution in [3.63, 3.8) is 0 Å². The second kappa shape index (κ2) is 6.86. The van der Waals surface area contributed by atoms with Crippen molar-refractivity contribution in [3.8, 4) is 0 Å². The smallest absolute Gasteiger partial charge is 0.305 e. The first-order valence-corrected chi connectivity index (χ1v) is 5.67. The first-order valence-electron chi connectivity index (χ1n) is 5.67. The number of carbonyl (C=O) groups excluding carboxylic acids is 1. The number of ether oxygens (including phenoxy) is 1. The molecule has 0 N–H and O–H groups in total. The minimum Gasteiger partial charge on any atom is -0.465 e. The van der Waals surface area contributed by atoms with Crippen molar-refractivity contribution in [1.29, 1.82) is 0 Å². The maximum atomic E-state index is 11.2. The lowest BCUT2D eigenvalue weighted by Crippen LogP contribution is -2.21. The van der Waals surface area contributed by atoms with Crippen LogP contribution in [0.15, 0.2) is 0 Å². The second-order valence-electron chi connectivity index (χ2n) is 4.68. The first-order chi connectivity index (χ1) is 6.52. The van der Waals surface area contributed by atoms with Crippen LogP contribution in [0.4, 0.5) is 0 Å². The zero-order chi connectivity index (χ0) is 11.0. The molecular formula is C12H24O2. The molecule has 0 saturated carbocycles. The van der Waals surface area contributed by atoms with Crippen LogP contribution in [0.3, 0.4) is 0 Å². The lowest BCUT2D eigenvalue weighted by atomic mass is 9.89. The number of esters is 1. The Bertz CT molecular complexity index is 162. The molecule has 84 valence electrons. The molecule has 0 spiro atoms. The van der Waals surface area contributed by atoms with E-state index in [9.17, 15) is 4.79 Å². The molecule has 0 bridgehead atoms. The lowest BCUT2D eigenvalue weighted by molar-refractivity contribution is -0.147. The molecule has 0 aromatic heterocycles. The topological polar surface area (TPSA) is 26.3 Å². The largest absolute Gasteiger partial charge is 0.465 e. The monoisotopic (exact) mass is 200 g/mol. The highest BCUT2D eigenvalue weighted by Gasteiger charge is 2.18. The molecule has 2 nitrogen and oxygen atoms in total. The van der Waals surface area contributed by atoms with E-state index in [0.717, 1.165) is 25.7 Å². The van der Waals surface area contributed by atoms with E-state index in [1.165, 1.54) is 0 Å². The molecule has 0 aliphatic carbocycles. The third-order valence-corrected chi connectivity index (χ3v) is 2.29. The molecule has 0 aliphatic heterocycles. The van der Waals surface area contributed by atoms with E-state index in [4.69, 9.17) is 4.74 Å². The highest BCUT2D eigenvalue weighted by molar-refractivity contribution is 5.69. The average molecular weight is 200 g/mol.